The molecule has 3 aromatic heterocycles. The second-order valence-corrected chi connectivity index (χ2v) is 7.10. The van der Waals surface area contributed by atoms with Crippen molar-refractivity contribution in [1.82, 2.24) is 20.3 Å². The van der Waals surface area contributed by atoms with Crippen LogP contribution in [-0.4, -0.2) is 20.9 Å². The lowest BCUT2D eigenvalue weighted by molar-refractivity contribution is 0.0950. The van der Waals surface area contributed by atoms with Gasteiger partial charge in [-0.05, 0) is 40.6 Å². The maximum atomic E-state index is 12.3. The van der Waals surface area contributed by atoms with Gasteiger partial charge in [0.1, 0.15) is 5.69 Å². The molecule has 1 N–H and O–H groups in total. The smallest absolute Gasteiger partial charge is 0.251 e. The fraction of sp³-hybridized carbons (Fsp3) is 0.0556. The number of benzene rings is 1. The lowest BCUT2D eigenvalue weighted by atomic mass is 10.1. The number of amides is 1. The lowest BCUT2D eigenvalue weighted by Gasteiger charge is -2.04. The molecule has 3 heterocycles. The van der Waals surface area contributed by atoms with Crippen molar-refractivity contribution in [3.05, 3.63) is 76.1 Å². The Balaban J connectivity index is 1.39. The van der Waals surface area contributed by atoms with Crippen LogP contribution in [0.25, 0.3) is 16.1 Å². The van der Waals surface area contributed by atoms with Gasteiger partial charge in [-0.3, -0.25) is 4.79 Å². The van der Waals surface area contributed by atoms with Crippen molar-refractivity contribution >= 4 is 28.6 Å². The quantitative estimate of drug-likeness (QED) is 0.581. The number of rotatable bonds is 5. The maximum Gasteiger partial charge on any atom is 0.251 e. The van der Waals surface area contributed by atoms with E-state index in [9.17, 15) is 4.79 Å². The second kappa shape index (κ2) is 7.00. The van der Waals surface area contributed by atoms with Gasteiger partial charge < -0.3 is 5.32 Å². The van der Waals surface area contributed by atoms with E-state index in [0.29, 0.717) is 12.1 Å². The average molecular weight is 366 g/mol. The minimum Gasteiger partial charge on any atom is -0.346 e. The summed E-state index contributed by atoms with van der Waals surface area (Å²) in [7, 11) is 0. The van der Waals surface area contributed by atoms with Crippen LogP contribution in [-0.2, 0) is 6.54 Å². The zero-order valence-electron chi connectivity index (χ0n) is 13.1. The minimum absolute atomic E-state index is 0.122. The molecule has 4 aromatic rings. The molecule has 0 aliphatic heterocycles. The summed E-state index contributed by atoms with van der Waals surface area (Å²) in [4.78, 5) is 13.5. The number of hydrogen-bond acceptors (Lipinski definition) is 5. The number of carbonyl (C=O) groups excluding carboxylic acids is 1. The zero-order valence-corrected chi connectivity index (χ0v) is 14.8. The number of carbonyl (C=O) groups is 1. The molecular formula is C18H14N4OS2. The first-order valence-electron chi connectivity index (χ1n) is 7.65. The zero-order chi connectivity index (χ0) is 17.1. The van der Waals surface area contributed by atoms with E-state index in [4.69, 9.17) is 0 Å². The van der Waals surface area contributed by atoms with Crippen molar-refractivity contribution in [3.63, 3.8) is 0 Å². The van der Waals surface area contributed by atoms with E-state index in [0.717, 1.165) is 16.9 Å². The highest BCUT2D eigenvalue weighted by Crippen LogP contribution is 2.24. The second-order valence-electron chi connectivity index (χ2n) is 5.37. The van der Waals surface area contributed by atoms with Crippen molar-refractivity contribution in [2.45, 2.75) is 6.54 Å². The van der Waals surface area contributed by atoms with Gasteiger partial charge in [0, 0.05) is 15.8 Å². The highest BCUT2D eigenvalue weighted by Gasteiger charge is 2.08. The van der Waals surface area contributed by atoms with Gasteiger partial charge in [-0.2, -0.15) is 11.3 Å². The fourth-order valence-corrected chi connectivity index (χ4v) is 3.75. The van der Waals surface area contributed by atoms with Gasteiger partial charge in [-0.15, -0.1) is 16.4 Å². The molecule has 7 heteroatoms. The number of aromatic nitrogens is 3. The first-order chi connectivity index (χ1) is 12.3. The molecule has 1 amide bonds. The van der Waals surface area contributed by atoms with Crippen LogP contribution in [0.15, 0.2) is 64.8 Å². The number of thiophene rings is 2. The van der Waals surface area contributed by atoms with E-state index in [-0.39, 0.29) is 5.91 Å². The van der Waals surface area contributed by atoms with Gasteiger partial charge in [-0.25, -0.2) is 4.68 Å². The van der Waals surface area contributed by atoms with Gasteiger partial charge in [0.05, 0.1) is 18.4 Å². The molecule has 1 aromatic carbocycles. The molecule has 0 fully saturated rings. The van der Waals surface area contributed by atoms with Gasteiger partial charge >= 0.3 is 0 Å². The first-order valence-corrected chi connectivity index (χ1v) is 9.48. The molecule has 0 saturated carbocycles. The van der Waals surface area contributed by atoms with E-state index in [2.05, 4.69) is 21.7 Å². The third-order valence-corrected chi connectivity index (χ3v) is 5.28. The fourth-order valence-electron chi connectivity index (χ4n) is 2.39. The Kier molecular flexibility index (Phi) is 4.41. The Hall–Kier alpha value is -2.77. The highest BCUT2D eigenvalue weighted by molar-refractivity contribution is 7.13. The van der Waals surface area contributed by atoms with Gasteiger partial charge in [0.25, 0.3) is 5.91 Å². The van der Waals surface area contributed by atoms with Crippen LogP contribution in [0.3, 0.4) is 0 Å². The summed E-state index contributed by atoms with van der Waals surface area (Å²) in [6.45, 7) is 0.343. The summed E-state index contributed by atoms with van der Waals surface area (Å²) in [6, 6.07) is 13.7. The van der Waals surface area contributed by atoms with Gasteiger partial charge in [0.2, 0.25) is 0 Å². The lowest BCUT2D eigenvalue weighted by Crippen LogP contribution is -2.22. The number of nitrogens with one attached hydrogen (secondary N) is 1. The molecule has 0 aliphatic carbocycles. The van der Waals surface area contributed by atoms with E-state index >= 15 is 0 Å². The highest BCUT2D eigenvalue weighted by atomic mass is 32.1. The molecule has 0 radical (unpaired) electrons. The standard InChI is InChI=1S/C18H14N4OS2/c23-18(14-5-3-13(4-6-14)17-2-1-8-25-17)19-10-15-11-22(21-20-15)16-7-9-24-12-16/h1-9,11-12H,10H2,(H,19,23). The van der Waals surface area contributed by atoms with Crippen LogP contribution < -0.4 is 5.32 Å². The van der Waals surface area contributed by atoms with Crippen LogP contribution in [0, 0.1) is 0 Å². The van der Waals surface area contributed by atoms with Crippen molar-refractivity contribution in [2.24, 2.45) is 0 Å². The molecule has 0 bridgehead atoms. The van der Waals surface area contributed by atoms with Crippen molar-refractivity contribution in [1.29, 1.82) is 0 Å². The molecule has 124 valence electrons. The Morgan fingerprint density at radius 2 is 2.00 bits per heavy atom. The van der Waals surface area contributed by atoms with Crippen LogP contribution in [0.1, 0.15) is 16.1 Å². The summed E-state index contributed by atoms with van der Waals surface area (Å²) in [5.41, 5.74) is 3.43. The summed E-state index contributed by atoms with van der Waals surface area (Å²) in [5.74, 6) is -0.122. The Morgan fingerprint density at radius 1 is 1.12 bits per heavy atom. The molecule has 4 rings (SSSR count). The molecular weight excluding hydrogens is 352 g/mol. The molecule has 0 saturated heterocycles. The third kappa shape index (κ3) is 3.52. The van der Waals surface area contributed by atoms with E-state index in [1.54, 1.807) is 27.4 Å². The first kappa shape index (κ1) is 15.7. The molecule has 0 spiro atoms. The minimum atomic E-state index is -0.122. The topological polar surface area (TPSA) is 59.8 Å². The van der Waals surface area contributed by atoms with Crippen LogP contribution in [0.2, 0.25) is 0 Å². The van der Waals surface area contributed by atoms with Crippen LogP contribution in [0.4, 0.5) is 0 Å². The summed E-state index contributed by atoms with van der Waals surface area (Å²) >= 11 is 3.28. The third-order valence-electron chi connectivity index (χ3n) is 3.69. The average Bonchev–Trinajstić information content (AvgIpc) is 3.42. The SMILES string of the molecule is O=C(NCc1cn(-c2ccsc2)nn1)c1ccc(-c2cccs2)cc1. The summed E-state index contributed by atoms with van der Waals surface area (Å²) < 4.78 is 1.70. The van der Waals surface area contributed by atoms with Gasteiger partial charge in [0.15, 0.2) is 0 Å². The molecule has 0 aliphatic rings. The van der Waals surface area contributed by atoms with Gasteiger partial charge in [-0.1, -0.05) is 23.4 Å². The van der Waals surface area contributed by atoms with E-state index in [1.165, 1.54) is 4.88 Å². The molecule has 0 atom stereocenters. The van der Waals surface area contributed by atoms with E-state index < -0.39 is 0 Å². The monoisotopic (exact) mass is 366 g/mol. The normalized spacial score (nSPS) is 10.7. The Morgan fingerprint density at radius 3 is 2.72 bits per heavy atom. The Labute approximate surface area is 152 Å². The van der Waals surface area contributed by atoms with Crippen LogP contribution in [0.5, 0.6) is 0 Å². The summed E-state index contributed by atoms with van der Waals surface area (Å²) in [5, 5.41) is 17.1. The molecule has 5 nitrogen and oxygen atoms in total. The summed E-state index contributed by atoms with van der Waals surface area (Å²) in [6.07, 6.45) is 1.82. The number of nitrogens with zero attached hydrogens (tertiary/aromatic N) is 3. The molecule has 0 unspecified atom stereocenters. The van der Waals surface area contributed by atoms with Crippen molar-refractivity contribution < 1.29 is 4.79 Å². The van der Waals surface area contributed by atoms with Crippen LogP contribution >= 0.6 is 22.7 Å². The van der Waals surface area contributed by atoms with Crippen molar-refractivity contribution in [3.8, 4) is 16.1 Å². The maximum absolute atomic E-state index is 12.3. The molecule has 25 heavy (non-hydrogen) atoms. The number of hydrogen-bond donors (Lipinski definition) is 1. The van der Waals surface area contributed by atoms with E-state index in [1.807, 2.05) is 58.7 Å². The largest absolute Gasteiger partial charge is 0.346 e. The predicted molar refractivity (Wildman–Crippen MR) is 100 cm³/mol. The Bertz CT molecular complexity index is 957. The predicted octanol–water partition coefficient (Wildman–Crippen LogP) is 3.99. The van der Waals surface area contributed by atoms with Crippen molar-refractivity contribution in [2.75, 3.05) is 0 Å².